The summed E-state index contributed by atoms with van der Waals surface area (Å²) >= 11 is 5.63. The van der Waals surface area contributed by atoms with Crippen molar-refractivity contribution in [2.45, 2.75) is 19.2 Å². The molecule has 0 heterocycles. The molecule has 0 aromatic rings. The van der Waals surface area contributed by atoms with Crippen LogP contribution in [0.25, 0.3) is 0 Å². The summed E-state index contributed by atoms with van der Waals surface area (Å²) in [5.41, 5.74) is 0. The lowest BCUT2D eigenvalue weighted by Gasteiger charge is -1.94. The lowest BCUT2D eigenvalue weighted by atomic mass is 10.3. The van der Waals surface area contributed by atoms with Crippen molar-refractivity contribution in [3.8, 4) is 6.26 Å². The van der Waals surface area contributed by atoms with Crippen molar-refractivity contribution < 1.29 is 4.74 Å². The largest absolute Gasteiger partial charge is 0.388 e. The van der Waals surface area contributed by atoms with Gasteiger partial charge in [-0.15, -0.1) is 16.9 Å². The van der Waals surface area contributed by atoms with Gasteiger partial charge in [0.1, 0.15) is 5.76 Å². The van der Waals surface area contributed by atoms with Crippen molar-refractivity contribution in [2.24, 2.45) is 0 Å². The van der Waals surface area contributed by atoms with Crippen LogP contribution in [0, 0.1) is 11.5 Å². The summed E-state index contributed by atoms with van der Waals surface area (Å²) in [5.74, 6) is 0.514. The highest BCUT2D eigenvalue weighted by Gasteiger charge is 1.91. The molecule has 0 N–H and O–H groups in total. The van der Waals surface area contributed by atoms with Crippen LogP contribution >= 0.6 is 11.6 Å². The van der Waals surface area contributed by atoms with E-state index in [0.717, 1.165) is 0 Å². The van der Waals surface area contributed by atoms with E-state index in [1.165, 1.54) is 0 Å². The van der Waals surface area contributed by atoms with Crippen LogP contribution in [0.5, 0.6) is 0 Å². The van der Waals surface area contributed by atoms with E-state index in [-0.39, 0.29) is 5.38 Å². The van der Waals surface area contributed by atoms with Crippen LogP contribution in [-0.4, -0.2) is 5.38 Å². The molecule has 0 aliphatic heterocycles. The van der Waals surface area contributed by atoms with Crippen LogP contribution in [0.15, 0.2) is 24.0 Å². The van der Waals surface area contributed by atoms with Crippen LogP contribution in [0.2, 0.25) is 0 Å². The zero-order valence-corrected chi connectivity index (χ0v) is 7.30. The second-order valence-electron chi connectivity index (χ2n) is 1.92. The number of halogens is 1. The van der Waals surface area contributed by atoms with Gasteiger partial charge in [-0.1, -0.05) is 6.08 Å². The maximum Gasteiger partial charge on any atom is 0.292 e. The maximum atomic E-state index is 8.15. The Bertz CT molecular complexity index is 201. The Balaban J connectivity index is 4.01. The predicted octanol–water partition coefficient (Wildman–Crippen LogP) is 2.57. The van der Waals surface area contributed by atoms with Crippen molar-refractivity contribution in [1.82, 2.24) is 0 Å². The molecule has 0 saturated carbocycles. The average Bonchev–Trinajstić information content (AvgIpc) is 1.97. The molecule has 3 heteroatoms. The highest BCUT2D eigenvalue weighted by Crippen LogP contribution is 2.02. The first-order valence-electron chi connectivity index (χ1n) is 3.25. The molecule has 0 aromatic carbocycles. The molecule has 0 radical (unpaired) electrons. The van der Waals surface area contributed by atoms with E-state index >= 15 is 0 Å². The highest BCUT2D eigenvalue weighted by molar-refractivity contribution is 6.21. The van der Waals surface area contributed by atoms with Gasteiger partial charge in [0.25, 0.3) is 6.26 Å². The van der Waals surface area contributed by atoms with Gasteiger partial charge in [0, 0.05) is 5.38 Å². The monoisotopic (exact) mass is 171 g/mol. The quantitative estimate of drug-likeness (QED) is 0.283. The SMILES string of the molecule is C/C=C(\C=C/C(C)Cl)OC#N. The third-order valence-corrected chi connectivity index (χ3v) is 1.12. The summed E-state index contributed by atoms with van der Waals surface area (Å²) in [6.45, 7) is 3.62. The van der Waals surface area contributed by atoms with Gasteiger partial charge in [-0.05, 0) is 26.0 Å². The van der Waals surface area contributed by atoms with E-state index in [9.17, 15) is 0 Å². The molecule has 0 fully saturated rings. The minimum atomic E-state index is -0.0488. The topological polar surface area (TPSA) is 33.0 Å². The molecule has 0 saturated heterocycles. The molecule has 2 nitrogen and oxygen atoms in total. The Kier molecular flexibility index (Phi) is 5.32. The molecule has 0 aliphatic carbocycles. The molecule has 0 aromatic heterocycles. The fraction of sp³-hybridized carbons (Fsp3) is 0.375. The van der Waals surface area contributed by atoms with Gasteiger partial charge in [-0.3, -0.25) is 0 Å². The van der Waals surface area contributed by atoms with Crippen molar-refractivity contribution in [2.75, 3.05) is 0 Å². The third-order valence-electron chi connectivity index (χ3n) is 0.974. The molecular formula is C8H10ClNO. The Labute approximate surface area is 71.7 Å². The standard InChI is InChI=1S/C8H10ClNO/c1-3-8(11-6-10)5-4-7(2)9/h3-5,7H,1-2H3/b5-4-,8-3+. The number of hydrogen-bond acceptors (Lipinski definition) is 2. The van der Waals surface area contributed by atoms with E-state index in [1.54, 1.807) is 31.4 Å². The van der Waals surface area contributed by atoms with E-state index in [4.69, 9.17) is 16.9 Å². The first-order chi connectivity index (χ1) is 5.20. The van der Waals surface area contributed by atoms with E-state index in [2.05, 4.69) is 4.74 Å². The lowest BCUT2D eigenvalue weighted by molar-refractivity contribution is 0.392. The number of hydrogen-bond donors (Lipinski definition) is 0. The second kappa shape index (κ2) is 5.82. The van der Waals surface area contributed by atoms with E-state index in [0.29, 0.717) is 5.76 Å². The summed E-state index contributed by atoms with van der Waals surface area (Å²) in [6.07, 6.45) is 6.69. The van der Waals surface area contributed by atoms with Crippen molar-refractivity contribution in [3.63, 3.8) is 0 Å². The fourth-order valence-electron chi connectivity index (χ4n) is 0.469. The number of rotatable bonds is 3. The average molecular weight is 172 g/mol. The van der Waals surface area contributed by atoms with Crippen LogP contribution in [0.3, 0.4) is 0 Å². The minimum absolute atomic E-state index is 0.0488. The summed E-state index contributed by atoms with van der Waals surface area (Å²) in [4.78, 5) is 0. The van der Waals surface area contributed by atoms with Gasteiger partial charge in [0.05, 0.1) is 0 Å². The van der Waals surface area contributed by atoms with Gasteiger partial charge >= 0.3 is 0 Å². The summed E-state index contributed by atoms with van der Waals surface area (Å²) in [7, 11) is 0. The number of ether oxygens (including phenoxy) is 1. The molecule has 1 atom stereocenters. The highest BCUT2D eigenvalue weighted by atomic mass is 35.5. The molecule has 0 bridgehead atoms. The van der Waals surface area contributed by atoms with Crippen molar-refractivity contribution in [3.05, 3.63) is 24.0 Å². The summed E-state index contributed by atoms with van der Waals surface area (Å²) < 4.78 is 4.56. The molecular weight excluding hydrogens is 162 g/mol. The first kappa shape index (κ1) is 10.1. The molecule has 0 amide bonds. The predicted molar refractivity (Wildman–Crippen MR) is 44.9 cm³/mol. The Morgan fingerprint density at radius 3 is 2.73 bits per heavy atom. The molecule has 0 spiro atoms. The van der Waals surface area contributed by atoms with E-state index in [1.807, 2.05) is 6.92 Å². The van der Waals surface area contributed by atoms with Gasteiger partial charge < -0.3 is 4.74 Å². The van der Waals surface area contributed by atoms with Crippen LogP contribution in [-0.2, 0) is 4.74 Å². The molecule has 60 valence electrons. The fourth-order valence-corrected chi connectivity index (χ4v) is 0.542. The number of nitrogens with zero attached hydrogens (tertiary/aromatic N) is 1. The maximum absolute atomic E-state index is 8.15. The Morgan fingerprint density at radius 1 is 1.73 bits per heavy atom. The van der Waals surface area contributed by atoms with Crippen molar-refractivity contribution >= 4 is 11.6 Å². The third kappa shape index (κ3) is 5.50. The zero-order chi connectivity index (χ0) is 8.69. The van der Waals surface area contributed by atoms with Gasteiger partial charge in [-0.25, -0.2) is 0 Å². The molecule has 11 heavy (non-hydrogen) atoms. The van der Waals surface area contributed by atoms with Crippen LogP contribution < -0.4 is 0 Å². The normalized spacial score (nSPS) is 14.5. The lowest BCUT2D eigenvalue weighted by Crippen LogP contribution is -1.84. The zero-order valence-electron chi connectivity index (χ0n) is 6.54. The number of alkyl halides is 1. The first-order valence-corrected chi connectivity index (χ1v) is 3.69. The Hall–Kier alpha value is -0.940. The number of allylic oxidation sites excluding steroid dienone is 3. The molecule has 0 rings (SSSR count). The van der Waals surface area contributed by atoms with Gasteiger partial charge in [0.2, 0.25) is 0 Å². The molecule has 1 unspecified atom stereocenters. The van der Waals surface area contributed by atoms with Gasteiger partial charge in [0.15, 0.2) is 0 Å². The minimum Gasteiger partial charge on any atom is -0.388 e. The number of nitriles is 1. The van der Waals surface area contributed by atoms with Crippen LogP contribution in [0.1, 0.15) is 13.8 Å². The smallest absolute Gasteiger partial charge is 0.292 e. The Morgan fingerprint density at radius 2 is 2.36 bits per heavy atom. The van der Waals surface area contributed by atoms with Crippen molar-refractivity contribution in [1.29, 1.82) is 5.26 Å². The van der Waals surface area contributed by atoms with Crippen LogP contribution in [0.4, 0.5) is 0 Å². The summed E-state index contributed by atoms with van der Waals surface area (Å²) in [5, 5.41) is 8.10. The second-order valence-corrected chi connectivity index (χ2v) is 2.61. The molecule has 0 aliphatic rings. The van der Waals surface area contributed by atoms with E-state index < -0.39 is 0 Å². The van der Waals surface area contributed by atoms with Gasteiger partial charge in [-0.2, -0.15) is 0 Å². The summed E-state index contributed by atoms with van der Waals surface area (Å²) in [6, 6.07) is 0.